The third-order valence-electron chi connectivity index (χ3n) is 4.05. The van der Waals surface area contributed by atoms with E-state index in [9.17, 15) is 0 Å². The van der Waals surface area contributed by atoms with Crippen LogP contribution in [0.4, 0.5) is 0 Å². The first-order chi connectivity index (χ1) is 10.7. The van der Waals surface area contributed by atoms with Crippen LogP contribution in [0.2, 0.25) is 0 Å². The molecule has 0 heterocycles. The predicted molar refractivity (Wildman–Crippen MR) is 92.0 cm³/mol. The van der Waals surface area contributed by atoms with E-state index in [4.69, 9.17) is 9.47 Å². The summed E-state index contributed by atoms with van der Waals surface area (Å²) in [6.07, 6.45) is 0. The van der Waals surface area contributed by atoms with E-state index in [1.807, 2.05) is 6.07 Å². The van der Waals surface area contributed by atoms with Crippen LogP contribution in [0, 0.1) is 0 Å². The second kappa shape index (κ2) is 6.37. The van der Waals surface area contributed by atoms with Crippen LogP contribution in [0.25, 0.3) is 21.9 Å². The van der Waals surface area contributed by atoms with E-state index in [2.05, 4.69) is 56.3 Å². The molecule has 114 valence electrons. The molecule has 2 heteroatoms. The predicted octanol–water partition coefficient (Wildman–Crippen LogP) is 5.09. The third kappa shape index (κ3) is 2.79. The lowest BCUT2D eigenvalue weighted by molar-refractivity contribution is 0.147. The van der Waals surface area contributed by atoms with Gasteiger partial charge in [0.2, 0.25) is 0 Å². The average Bonchev–Trinajstić information content (AvgIpc) is 2.72. The fraction of sp³-hybridized carbons (Fsp3) is 0.300. The quantitative estimate of drug-likeness (QED) is 0.610. The van der Waals surface area contributed by atoms with Crippen LogP contribution in [0.15, 0.2) is 48.5 Å². The topological polar surface area (TPSA) is 18.5 Å². The Morgan fingerprint density at radius 2 is 1.73 bits per heavy atom. The first-order valence-corrected chi connectivity index (χ1v) is 7.78. The Balaban J connectivity index is 2.11. The summed E-state index contributed by atoms with van der Waals surface area (Å²) in [7, 11) is 1.69. The second-order valence-corrected chi connectivity index (χ2v) is 5.90. The van der Waals surface area contributed by atoms with Gasteiger partial charge >= 0.3 is 0 Å². The molecule has 2 aliphatic rings. The van der Waals surface area contributed by atoms with Crippen molar-refractivity contribution >= 4 is 10.8 Å². The maximum atomic E-state index is 5.87. The van der Waals surface area contributed by atoms with Gasteiger partial charge in [0.1, 0.15) is 12.4 Å². The zero-order chi connectivity index (χ0) is 15.5. The number of hydrogen-bond donors (Lipinski definition) is 0. The number of rotatable bonds is 5. The lowest BCUT2D eigenvalue weighted by atomic mass is 10.0. The van der Waals surface area contributed by atoms with E-state index >= 15 is 0 Å². The van der Waals surface area contributed by atoms with E-state index in [-0.39, 0.29) is 0 Å². The van der Waals surface area contributed by atoms with Gasteiger partial charge in [0.05, 0.1) is 6.61 Å². The van der Waals surface area contributed by atoms with Gasteiger partial charge in [-0.15, -0.1) is 0 Å². The smallest absolute Gasteiger partial charge is 0.127 e. The summed E-state index contributed by atoms with van der Waals surface area (Å²) in [4.78, 5) is 0. The van der Waals surface area contributed by atoms with E-state index in [0.29, 0.717) is 19.1 Å². The molecule has 0 N–H and O–H groups in total. The highest BCUT2D eigenvalue weighted by molar-refractivity contribution is 6.05. The van der Waals surface area contributed by atoms with Crippen molar-refractivity contribution in [2.45, 2.75) is 19.8 Å². The Kier molecular flexibility index (Phi) is 4.30. The number of fused-ring (bicyclic) bond motifs is 3. The Hall–Kier alpha value is -2.06. The number of ether oxygens (including phenoxy) is 2. The van der Waals surface area contributed by atoms with E-state index in [1.54, 1.807) is 7.11 Å². The van der Waals surface area contributed by atoms with Gasteiger partial charge in [0.15, 0.2) is 0 Å². The minimum Gasteiger partial charge on any atom is -0.491 e. The first kappa shape index (κ1) is 14.9. The van der Waals surface area contributed by atoms with Crippen molar-refractivity contribution < 1.29 is 9.47 Å². The van der Waals surface area contributed by atoms with Gasteiger partial charge in [-0.3, -0.25) is 0 Å². The van der Waals surface area contributed by atoms with Crippen molar-refractivity contribution in [2.75, 3.05) is 20.3 Å². The third-order valence-corrected chi connectivity index (χ3v) is 4.05. The van der Waals surface area contributed by atoms with Crippen molar-refractivity contribution in [3.63, 3.8) is 0 Å². The van der Waals surface area contributed by atoms with E-state index in [0.717, 1.165) is 5.75 Å². The van der Waals surface area contributed by atoms with Crippen molar-refractivity contribution in [3.8, 4) is 16.9 Å². The molecule has 2 aliphatic carbocycles. The van der Waals surface area contributed by atoms with Crippen molar-refractivity contribution in [2.24, 2.45) is 0 Å². The highest BCUT2D eigenvalue weighted by Gasteiger charge is 2.13. The molecule has 0 aromatic heterocycles. The molecule has 0 radical (unpaired) electrons. The van der Waals surface area contributed by atoms with E-state index in [1.165, 1.54) is 27.5 Å². The number of benzene rings is 1. The molecule has 0 aliphatic heterocycles. The van der Waals surface area contributed by atoms with Crippen LogP contribution in [0.3, 0.4) is 0 Å². The Morgan fingerprint density at radius 1 is 0.909 bits per heavy atom. The van der Waals surface area contributed by atoms with Crippen molar-refractivity contribution in [1.82, 2.24) is 0 Å². The van der Waals surface area contributed by atoms with Crippen LogP contribution in [-0.2, 0) is 4.74 Å². The Labute approximate surface area is 132 Å². The normalized spacial score (nSPS) is 11.5. The standard InChI is InChI=1S/C20H22O2/c1-14(2)15-6-4-7-17-16(12-15)13-19-18(17)8-5-9-20(19)22-11-10-21-3/h4-9,12-14H,10-11H2,1-3H3. The molecular formula is C20H22O2. The van der Waals surface area contributed by atoms with Crippen molar-refractivity contribution in [1.29, 1.82) is 0 Å². The van der Waals surface area contributed by atoms with Crippen LogP contribution < -0.4 is 4.74 Å². The molecule has 0 amide bonds. The maximum absolute atomic E-state index is 5.87. The summed E-state index contributed by atoms with van der Waals surface area (Å²) >= 11 is 0. The van der Waals surface area contributed by atoms with Crippen molar-refractivity contribution in [3.05, 3.63) is 54.1 Å². The summed E-state index contributed by atoms with van der Waals surface area (Å²) in [6, 6.07) is 17.3. The lowest BCUT2D eigenvalue weighted by Crippen LogP contribution is -2.04. The minimum atomic E-state index is 0.519. The Morgan fingerprint density at radius 3 is 2.50 bits per heavy atom. The summed E-state index contributed by atoms with van der Waals surface area (Å²) in [5, 5.41) is 2.42. The molecule has 3 rings (SSSR count). The van der Waals surface area contributed by atoms with Crippen LogP contribution in [-0.4, -0.2) is 20.3 Å². The molecule has 0 bridgehead atoms. The fourth-order valence-electron chi connectivity index (χ4n) is 2.83. The maximum Gasteiger partial charge on any atom is 0.127 e. The van der Waals surface area contributed by atoms with Gasteiger partial charge in [-0.05, 0) is 40.1 Å². The summed E-state index contributed by atoms with van der Waals surface area (Å²) in [5.41, 5.74) is 3.90. The van der Waals surface area contributed by atoms with Gasteiger partial charge in [-0.25, -0.2) is 0 Å². The molecule has 1 aromatic rings. The van der Waals surface area contributed by atoms with Crippen LogP contribution in [0.1, 0.15) is 25.3 Å². The molecular weight excluding hydrogens is 272 g/mol. The molecule has 0 saturated heterocycles. The lowest BCUT2D eigenvalue weighted by Gasteiger charge is -2.06. The minimum absolute atomic E-state index is 0.519. The second-order valence-electron chi connectivity index (χ2n) is 5.90. The summed E-state index contributed by atoms with van der Waals surface area (Å²) in [6.45, 7) is 5.62. The van der Waals surface area contributed by atoms with E-state index < -0.39 is 0 Å². The fourth-order valence-corrected chi connectivity index (χ4v) is 2.83. The molecule has 22 heavy (non-hydrogen) atoms. The molecule has 0 saturated carbocycles. The van der Waals surface area contributed by atoms with Gasteiger partial charge in [0, 0.05) is 12.5 Å². The average molecular weight is 294 g/mol. The Bertz CT molecular complexity index is 746. The summed E-state index contributed by atoms with van der Waals surface area (Å²) < 4.78 is 10.9. The van der Waals surface area contributed by atoms with Gasteiger partial charge in [-0.1, -0.05) is 50.2 Å². The number of hydrogen-bond acceptors (Lipinski definition) is 2. The van der Waals surface area contributed by atoms with Crippen LogP contribution in [0.5, 0.6) is 5.75 Å². The van der Waals surface area contributed by atoms with Gasteiger partial charge in [-0.2, -0.15) is 0 Å². The molecule has 2 nitrogen and oxygen atoms in total. The summed E-state index contributed by atoms with van der Waals surface area (Å²) in [5.74, 6) is 1.45. The molecule has 0 spiro atoms. The van der Waals surface area contributed by atoms with Gasteiger partial charge in [0.25, 0.3) is 0 Å². The van der Waals surface area contributed by atoms with Crippen LogP contribution >= 0.6 is 0 Å². The molecule has 0 fully saturated rings. The SMILES string of the molecule is COCCOc1cccc2c3cccc(C(C)C)cc-3cc12. The molecule has 1 aromatic carbocycles. The zero-order valence-electron chi connectivity index (χ0n) is 13.4. The van der Waals surface area contributed by atoms with Gasteiger partial charge < -0.3 is 9.47 Å². The highest BCUT2D eigenvalue weighted by atomic mass is 16.5. The molecule has 0 atom stereocenters. The monoisotopic (exact) mass is 294 g/mol. The highest BCUT2D eigenvalue weighted by Crippen LogP contribution is 2.39. The molecule has 0 unspecified atom stereocenters. The number of methoxy groups -OCH3 is 1. The largest absolute Gasteiger partial charge is 0.491 e. The zero-order valence-corrected chi connectivity index (χ0v) is 13.4. The first-order valence-electron chi connectivity index (χ1n) is 7.78.